The van der Waals surface area contributed by atoms with Gasteiger partial charge in [-0.1, -0.05) is 6.92 Å². The molecule has 2 saturated heterocycles. The van der Waals surface area contributed by atoms with Gasteiger partial charge in [0.15, 0.2) is 0 Å². The van der Waals surface area contributed by atoms with E-state index in [-0.39, 0.29) is 23.8 Å². The van der Waals surface area contributed by atoms with Gasteiger partial charge in [0, 0.05) is 51.1 Å². The molecule has 28 heavy (non-hydrogen) atoms. The number of amides is 3. The molecule has 158 valence electrons. The highest BCUT2D eigenvalue weighted by Gasteiger charge is 2.35. The number of ether oxygens (including phenoxy) is 1. The standard InChI is InChI=1S/C21H35N3O4/c1-3-28-21(27)24-14-12-23(13-15-24)20(26)18-6-4-17(5-7-18)19(25)22-10-8-16(2)9-11-22/h16-18H,3-15H2,1-2H3. The predicted octanol–water partition coefficient (Wildman–Crippen LogP) is 2.35. The number of rotatable bonds is 3. The van der Waals surface area contributed by atoms with E-state index in [4.69, 9.17) is 4.74 Å². The summed E-state index contributed by atoms with van der Waals surface area (Å²) < 4.78 is 5.03. The Morgan fingerprint density at radius 1 is 0.714 bits per heavy atom. The van der Waals surface area contributed by atoms with Crippen molar-refractivity contribution in [1.82, 2.24) is 14.7 Å². The number of piperazine rings is 1. The van der Waals surface area contributed by atoms with Crippen LogP contribution in [0.1, 0.15) is 52.4 Å². The van der Waals surface area contributed by atoms with Crippen molar-refractivity contribution < 1.29 is 19.1 Å². The van der Waals surface area contributed by atoms with E-state index in [1.165, 1.54) is 0 Å². The Balaban J connectivity index is 1.42. The van der Waals surface area contributed by atoms with Crippen LogP contribution in [0.3, 0.4) is 0 Å². The average Bonchev–Trinajstić information content (AvgIpc) is 2.74. The SMILES string of the molecule is CCOC(=O)N1CCN(C(=O)C2CCC(C(=O)N3CCC(C)CC3)CC2)CC1. The molecule has 1 saturated carbocycles. The van der Waals surface area contributed by atoms with E-state index in [1.54, 1.807) is 11.8 Å². The fourth-order valence-corrected chi connectivity index (χ4v) is 4.66. The van der Waals surface area contributed by atoms with Crippen molar-refractivity contribution in [2.24, 2.45) is 17.8 Å². The van der Waals surface area contributed by atoms with Crippen LogP contribution in [0, 0.1) is 17.8 Å². The van der Waals surface area contributed by atoms with Crippen LogP contribution in [0.15, 0.2) is 0 Å². The first kappa shape index (κ1) is 20.9. The number of hydrogen-bond donors (Lipinski definition) is 0. The first-order valence-corrected chi connectivity index (χ1v) is 11.0. The van der Waals surface area contributed by atoms with Gasteiger partial charge < -0.3 is 19.4 Å². The number of carbonyl (C=O) groups is 3. The molecule has 0 aromatic carbocycles. The largest absolute Gasteiger partial charge is 0.450 e. The predicted molar refractivity (Wildman–Crippen MR) is 106 cm³/mol. The van der Waals surface area contributed by atoms with Gasteiger partial charge >= 0.3 is 6.09 Å². The summed E-state index contributed by atoms with van der Waals surface area (Å²) in [5, 5.41) is 0. The van der Waals surface area contributed by atoms with Gasteiger partial charge in [-0.3, -0.25) is 9.59 Å². The molecule has 0 unspecified atom stereocenters. The zero-order valence-corrected chi connectivity index (χ0v) is 17.4. The smallest absolute Gasteiger partial charge is 0.409 e. The number of likely N-dealkylation sites (tertiary alicyclic amines) is 1. The van der Waals surface area contributed by atoms with Crippen LogP contribution in [0.5, 0.6) is 0 Å². The second kappa shape index (κ2) is 9.61. The third-order valence-electron chi connectivity index (χ3n) is 6.64. The summed E-state index contributed by atoms with van der Waals surface area (Å²) in [6, 6.07) is 0. The summed E-state index contributed by atoms with van der Waals surface area (Å²) in [5.74, 6) is 1.35. The monoisotopic (exact) mass is 393 g/mol. The Labute approximate surface area is 168 Å². The second-order valence-corrected chi connectivity index (χ2v) is 8.57. The topological polar surface area (TPSA) is 70.2 Å². The van der Waals surface area contributed by atoms with E-state index in [0.717, 1.165) is 57.5 Å². The molecule has 0 N–H and O–H groups in total. The van der Waals surface area contributed by atoms with Crippen LogP contribution in [-0.4, -0.2) is 78.5 Å². The van der Waals surface area contributed by atoms with Crippen LogP contribution in [-0.2, 0) is 14.3 Å². The van der Waals surface area contributed by atoms with Crippen molar-refractivity contribution in [3.8, 4) is 0 Å². The Morgan fingerprint density at radius 2 is 1.14 bits per heavy atom. The van der Waals surface area contributed by atoms with Crippen LogP contribution in [0.4, 0.5) is 4.79 Å². The molecule has 0 radical (unpaired) electrons. The zero-order valence-electron chi connectivity index (χ0n) is 17.4. The van der Waals surface area contributed by atoms with Gasteiger partial charge in [0.05, 0.1) is 6.61 Å². The molecule has 7 heteroatoms. The molecule has 2 aliphatic heterocycles. The zero-order chi connectivity index (χ0) is 20.1. The minimum atomic E-state index is -0.291. The highest BCUT2D eigenvalue weighted by molar-refractivity contribution is 5.81. The molecule has 0 aromatic heterocycles. The van der Waals surface area contributed by atoms with E-state index in [1.807, 2.05) is 9.80 Å². The summed E-state index contributed by atoms with van der Waals surface area (Å²) in [6.07, 6.45) is 5.18. The maximum atomic E-state index is 12.9. The van der Waals surface area contributed by atoms with Crippen molar-refractivity contribution >= 4 is 17.9 Å². The third-order valence-corrected chi connectivity index (χ3v) is 6.64. The highest BCUT2D eigenvalue weighted by atomic mass is 16.6. The first-order chi connectivity index (χ1) is 13.5. The molecule has 3 fully saturated rings. The number of nitrogens with zero attached hydrogens (tertiary/aromatic N) is 3. The van der Waals surface area contributed by atoms with E-state index < -0.39 is 0 Å². The average molecular weight is 394 g/mol. The summed E-state index contributed by atoms with van der Waals surface area (Å²) in [4.78, 5) is 43.0. The summed E-state index contributed by atoms with van der Waals surface area (Å²) >= 11 is 0. The van der Waals surface area contributed by atoms with Crippen molar-refractivity contribution in [3.63, 3.8) is 0 Å². The van der Waals surface area contributed by atoms with Gasteiger partial charge in [-0.05, 0) is 51.4 Å². The lowest BCUT2D eigenvalue weighted by atomic mass is 9.80. The molecule has 3 amide bonds. The lowest BCUT2D eigenvalue weighted by Crippen LogP contribution is -2.52. The molecule has 3 aliphatic rings. The summed E-state index contributed by atoms with van der Waals surface area (Å²) in [6.45, 7) is 8.42. The van der Waals surface area contributed by atoms with Crippen LogP contribution in [0.25, 0.3) is 0 Å². The first-order valence-electron chi connectivity index (χ1n) is 11.0. The Bertz CT molecular complexity index is 558. The van der Waals surface area contributed by atoms with Gasteiger partial charge in [0.1, 0.15) is 0 Å². The minimum absolute atomic E-state index is 0.0274. The van der Waals surface area contributed by atoms with E-state index >= 15 is 0 Å². The fourth-order valence-electron chi connectivity index (χ4n) is 4.66. The van der Waals surface area contributed by atoms with Crippen LogP contribution >= 0.6 is 0 Å². The lowest BCUT2D eigenvalue weighted by Gasteiger charge is -2.38. The van der Waals surface area contributed by atoms with Gasteiger partial charge in [0.2, 0.25) is 11.8 Å². The van der Waals surface area contributed by atoms with E-state index in [0.29, 0.717) is 38.7 Å². The molecule has 0 spiro atoms. The lowest BCUT2D eigenvalue weighted by molar-refractivity contribution is -0.143. The van der Waals surface area contributed by atoms with Crippen molar-refractivity contribution in [3.05, 3.63) is 0 Å². The quantitative estimate of drug-likeness (QED) is 0.738. The van der Waals surface area contributed by atoms with Crippen LogP contribution < -0.4 is 0 Å². The molecule has 2 heterocycles. The fraction of sp³-hybridized carbons (Fsp3) is 0.857. The Kier molecular flexibility index (Phi) is 7.18. The summed E-state index contributed by atoms with van der Waals surface area (Å²) in [7, 11) is 0. The molecular formula is C21H35N3O4. The molecular weight excluding hydrogens is 358 g/mol. The third kappa shape index (κ3) is 4.97. The maximum absolute atomic E-state index is 12.9. The number of hydrogen-bond acceptors (Lipinski definition) is 4. The molecule has 0 aromatic rings. The molecule has 0 bridgehead atoms. The van der Waals surface area contributed by atoms with Crippen LogP contribution in [0.2, 0.25) is 0 Å². The maximum Gasteiger partial charge on any atom is 0.409 e. The van der Waals surface area contributed by atoms with E-state index in [9.17, 15) is 14.4 Å². The highest BCUT2D eigenvalue weighted by Crippen LogP contribution is 2.32. The van der Waals surface area contributed by atoms with Gasteiger partial charge in [0.25, 0.3) is 0 Å². The number of piperidine rings is 1. The Hall–Kier alpha value is -1.79. The van der Waals surface area contributed by atoms with Crippen molar-refractivity contribution in [2.45, 2.75) is 52.4 Å². The molecule has 0 atom stereocenters. The van der Waals surface area contributed by atoms with Crippen molar-refractivity contribution in [1.29, 1.82) is 0 Å². The van der Waals surface area contributed by atoms with E-state index in [2.05, 4.69) is 6.92 Å². The Morgan fingerprint density at radius 3 is 1.61 bits per heavy atom. The summed E-state index contributed by atoms with van der Waals surface area (Å²) in [5.41, 5.74) is 0. The molecule has 3 rings (SSSR count). The van der Waals surface area contributed by atoms with Gasteiger partial charge in [-0.2, -0.15) is 0 Å². The normalized spacial score (nSPS) is 26.9. The minimum Gasteiger partial charge on any atom is -0.450 e. The number of carbonyl (C=O) groups excluding carboxylic acids is 3. The van der Waals surface area contributed by atoms with Gasteiger partial charge in [-0.25, -0.2) is 4.79 Å². The molecule has 1 aliphatic carbocycles. The second-order valence-electron chi connectivity index (χ2n) is 8.57. The molecule has 7 nitrogen and oxygen atoms in total. The van der Waals surface area contributed by atoms with Gasteiger partial charge in [-0.15, -0.1) is 0 Å². The van der Waals surface area contributed by atoms with Crippen molar-refractivity contribution in [2.75, 3.05) is 45.9 Å².